The van der Waals surface area contributed by atoms with Crippen LogP contribution in [0.4, 0.5) is 0 Å². The third-order valence-corrected chi connectivity index (χ3v) is 6.56. The summed E-state index contributed by atoms with van der Waals surface area (Å²) in [7, 11) is 0. The van der Waals surface area contributed by atoms with Gasteiger partial charge in [-0.2, -0.15) is 0 Å². The molecule has 0 saturated carbocycles. The maximum Gasteiger partial charge on any atom is 0.251 e. The highest BCUT2D eigenvalue weighted by Gasteiger charge is 2.24. The maximum absolute atomic E-state index is 13.3. The molecule has 3 aromatic carbocycles. The van der Waals surface area contributed by atoms with E-state index in [9.17, 15) is 19.2 Å². The lowest BCUT2D eigenvalue weighted by Crippen LogP contribution is -2.49. The quantitative estimate of drug-likeness (QED) is 0.235. The van der Waals surface area contributed by atoms with Crippen molar-refractivity contribution >= 4 is 23.6 Å². The van der Waals surface area contributed by atoms with Crippen LogP contribution in [0.3, 0.4) is 0 Å². The summed E-state index contributed by atoms with van der Waals surface area (Å²) >= 11 is 0. The molecule has 0 radical (unpaired) electrons. The first kappa shape index (κ1) is 32.1. The van der Waals surface area contributed by atoms with Gasteiger partial charge in [-0.1, -0.05) is 94.4 Å². The second kappa shape index (κ2) is 16.1. The predicted molar refractivity (Wildman–Crippen MR) is 165 cm³/mol. The van der Waals surface area contributed by atoms with Crippen LogP contribution in [0, 0.1) is 11.8 Å². The van der Waals surface area contributed by atoms with Crippen LogP contribution in [0.15, 0.2) is 84.9 Å². The van der Waals surface area contributed by atoms with Crippen molar-refractivity contribution in [3.8, 4) is 0 Å². The SMILES string of the molecule is CC(C)CNC(=O)[C@H](Cc1ccccc1)NC(=O)c1cccc(C(=O)N[C@@H](Cc2ccccc2)C(=O)NCC(C)C)c1. The number of rotatable bonds is 14. The number of benzene rings is 3. The van der Waals surface area contributed by atoms with Gasteiger partial charge in [0.15, 0.2) is 0 Å². The Balaban J connectivity index is 1.75. The van der Waals surface area contributed by atoms with Gasteiger partial charge in [0.2, 0.25) is 11.8 Å². The second-order valence-corrected chi connectivity index (χ2v) is 11.3. The highest BCUT2D eigenvalue weighted by Crippen LogP contribution is 2.10. The van der Waals surface area contributed by atoms with E-state index in [0.29, 0.717) is 25.9 Å². The molecule has 4 N–H and O–H groups in total. The fourth-order valence-electron chi connectivity index (χ4n) is 4.26. The fourth-order valence-corrected chi connectivity index (χ4v) is 4.26. The molecule has 0 aliphatic heterocycles. The van der Waals surface area contributed by atoms with Crippen molar-refractivity contribution in [2.75, 3.05) is 13.1 Å². The molecule has 0 bridgehead atoms. The topological polar surface area (TPSA) is 116 Å². The van der Waals surface area contributed by atoms with Crippen molar-refractivity contribution in [1.82, 2.24) is 21.3 Å². The van der Waals surface area contributed by atoms with Crippen LogP contribution in [0.1, 0.15) is 59.5 Å². The molecule has 42 heavy (non-hydrogen) atoms. The molecule has 8 nitrogen and oxygen atoms in total. The number of carbonyl (C=O) groups is 4. The summed E-state index contributed by atoms with van der Waals surface area (Å²) in [5.41, 5.74) is 2.30. The van der Waals surface area contributed by atoms with E-state index in [-0.39, 0.29) is 34.8 Å². The average Bonchev–Trinajstić information content (AvgIpc) is 2.99. The number of hydrogen-bond donors (Lipinski definition) is 4. The molecule has 3 aromatic rings. The zero-order chi connectivity index (χ0) is 30.5. The smallest absolute Gasteiger partial charge is 0.251 e. The van der Waals surface area contributed by atoms with Gasteiger partial charge in [0.05, 0.1) is 0 Å². The van der Waals surface area contributed by atoms with Gasteiger partial charge >= 0.3 is 0 Å². The predicted octanol–water partition coefficient (Wildman–Crippen LogP) is 3.91. The largest absolute Gasteiger partial charge is 0.354 e. The highest BCUT2D eigenvalue weighted by atomic mass is 16.2. The minimum Gasteiger partial charge on any atom is -0.354 e. The van der Waals surface area contributed by atoms with Crippen molar-refractivity contribution < 1.29 is 19.2 Å². The van der Waals surface area contributed by atoms with Crippen molar-refractivity contribution in [2.24, 2.45) is 11.8 Å². The summed E-state index contributed by atoms with van der Waals surface area (Å²) < 4.78 is 0. The Labute approximate surface area is 248 Å². The third kappa shape index (κ3) is 10.5. The lowest BCUT2D eigenvalue weighted by molar-refractivity contribution is -0.123. The molecule has 0 aliphatic rings. The summed E-state index contributed by atoms with van der Waals surface area (Å²) in [6.45, 7) is 8.98. The summed E-state index contributed by atoms with van der Waals surface area (Å²) in [6, 6.07) is 23.6. The van der Waals surface area contributed by atoms with E-state index in [4.69, 9.17) is 0 Å². The Hall–Kier alpha value is -4.46. The fraction of sp³-hybridized carbons (Fsp3) is 0.353. The summed E-state index contributed by atoms with van der Waals surface area (Å²) in [6.07, 6.45) is 0.646. The molecule has 0 spiro atoms. The lowest BCUT2D eigenvalue weighted by atomic mass is 10.0. The van der Waals surface area contributed by atoms with Crippen LogP contribution in [-0.2, 0) is 22.4 Å². The summed E-state index contributed by atoms with van der Waals surface area (Å²) in [4.78, 5) is 52.6. The van der Waals surface area contributed by atoms with Gasteiger partial charge in [-0.15, -0.1) is 0 Å². The van der Waals surface area contributed by atoms with Crippen molar-refractivity contribution in [2.45, 2.75) is 52.6 Å². The lowest BCUT2D eigenvalue weighted by Gasteiger charge is -2.20. The molecule has 3 rings (SSSR count). The molecule has 0 aliphatic carbocycles. The standard InChI is InChI=1S/C34H42N4O4/c1-23(2)21-35-33(41)29(18-25-12-7-5-8-13-25)37-31(39)27-16-11-17-28(20-27)32(40)38-30(34(42)36-22-24(3)4)19-26-14-9-6-10-15-26/h5-17,20,23-24,29-30H,18-19,21-22H2,1-4H3,(H,35,41)(H,36,42)(H,37,39)(H,38,40)/t29-,30-/m0/s1. The first-order chi connectivity index (χ1) is 20.1. The van der Waals surface area contributed by atoms with E-state index in [1.807, 2.05) is 88.4 Å². The minimum absolute atomic E-state index is 0.237. The van der Waals surface area contributed by atoms with Gasteiger partial charge < -0.3 is 21.3 Å². The van der Waals surface area contributed by atoms with Crippen molar-refractivity contribution in [3.63, 3.8) is 0 Å². The van der Waals surface area contributed by atoms with Crippen LogP contribution in [0.5, 0.6) is 0 Å². The van der Waals surface area contributed by atoms with Crippen LogP contribution >= 0.6 is 0 Å². The average molecular weight is 571 g/mol. The van der Waals surface area contributed by atoms with Crippen LogP contribution in [-0.4, -0.2) is 48.8 Å². The summed E-state index contributed by atoms with van der Waals surface area (Å²) in [5, 5.41) is 11.5. The zero-order valence-electron chi connectivity index (χ0n) is 24.9. The van der Waals surface area contributed by atoms with Gasteiger partial charge in [0.25, 0.3) is 11.8 Å². The molecular weight excluding hydrogens is 528 g/mol. The van der Waals surface area contributed by atoms with Crippen molar-refractivity contribution in [1.29, 1.82) is 0 Å². The van der Waals surface area contributed by atoms with Crippen LogP contribution < -0.4 is 21.3 Å². The maximum atomic E-state index is 13.3. The van der Waals surface area contributed by atoms with Gasteiger partial charge in [0, 0.05) is 37.1 Å². The van der Waals surface area contributed by atoms with Gasteiger partial charge in [0.1, 0.15) is 12.1 Å². The first-order valence-electron chi connectivity index (χ1n) is 14.5. The van der Waals surface area contributed by atoms with E-state index in [2.05, 4.69) is 21.3 Å². The Morgan fingerprint density at radius 1 is 0.548 bits per heavy atom. The molecule has 0 unspecified atom stereocenters. The Bertz CT molecular complexity index is 1230. The van der Waals surface area contributed by atoms with Gasteiger partial charge in [-0.3, -0.25) is 19.2 Å². The van der Waals surface area contributed by atoms with E-state index in [0.717, 1.165) is 11.1 Å². The molecule has 0 aromatic heterocycles. The monoisotopic (exact) mass is 570 g/mol. The molecule has 0 heterocycles. The zero-order valence-corrected chi connectivity index (χ0v) is 24.9. The number of carbonyl (C=O) groups excluding carboxylic acids is 4. The molecule has 0 saturated heterocycles. The van der Waals surface area contributed by atoms with Crippen LogP contribution in [0.25, 0.3) is 0 Å². The first-order valence-corrected chi connectivity index (χ1v) is 14.5. The molecule has 2 atom stereocenters. The molecule has 222 valence electrons. The Kier molecular flexibility index (Phi) is 12.3. The van der Waals surface area contributed by atoms with E-state index in [1.54, 1.807) is 18.2 Å². The number of nitrogens with one attached hydrogen (secondary N) is 4. The summed E-state index contributed by atoms with van der Waals surface area (Å²) in [5.74, 6) is -0.968. The van der Waals surface area contributed by atoms with E-state index < -0.39 is 23.9 Å². The second-order valence-electron chi connectivity index (χ2n) is 11.3. The molecular formula is C34H42N4O4. The molecule has 8 heteroatoms. The minimum atomic E-state index is -0.795. The molecule has 4 amide bonds. The Morgan fingerprint density at radius 2 is 0.929 bits per heavy atom. The number of hydrogen-bond acceptors (Lipinski definition) is 4. The van der Waals surface area contributed by atoms with E-state index >= 15 is 0 Å². The van der Waals surface area contributed by atoms with Crippen molar-refractivity contribution in [3.05, 3.63) is 107 Å². The molecule has 0 fully saturated rings. The normalized spacial score (nSPS) is 12.3. The van der Waals surface area contributed by atoms with Gasteiger partial charge in [-0.25, -0.2) is 0 Å². The number of amides is 4. The highest BCUT2D eigenvalue weighted by molar-refractivity contribution is 6.02. The van der Waals surface area contributed by atoms with E-state index in [1.165, 1.54) is 6.07 Å². The Morgan fingerprint density at radius 3 is 1.29 bits per heavy atom. The third-order valence-electron chi connectivity index (χ3n) is 6.56. The van der Waals surface area contributed by atoms with Crippen LogP contribution in [0.2, 0.25) is 0 Å². The van der Waals surface area contributed by atoms with Gasteiger partial charge in [-0.05, 0) is 41.2 Å².